The highest BCUT2D eigenvalue weighted by molar-refractivity contribution is 5.57. The number of rotatable bonds is 7. The lowest BCUT2D eigenvalue weighted by atomic mass is 10.1. The smallest absolute Gasteiger partial charge is 0.151 e. The molecule has 0 bridgehead atoms. The maximum absolute atomic E-state index is 10.4. The Balaban J connectivity index is 4.04. The summed E-state index contributed by atoms with van der Waals surface area (Å²) in [7, 11) is 0. The Kier molecular flexibility index (Phi) is 6.34. The topological polar surface area (TPSA) is 87.0 Å². The van der Waals surface area contributed by atoms with Crippen molar-refractivity contribution in [1.29, 1.82) is 0 Å². The van der Waals surface area contributed by atoms with E-state index in [1.54, 1.807) is 0 Å². The Bertz CT molecular complexity index is 159. The molecule has 0 radical (unpaired) electrons. The number of ether oxygens (including phenoxy) is 1. The fourth-order valence-electron chi connectivity index (χ4n) is 0.724. The van der Waals surface area contributed by atoms with Gasteiger partial charge in [-0.3, -0.25) is 0 Å². The lowest BCUT2D eigenvalue weighted by molar-refractivity contribution is -0.134. The molecule has 0 saturated carbocycles. The number of aliphatic hydroxyl groups is 3. The fraction of sp³-hybridized carbons (Fsp3) is 0.625. The van der Waals surface area contributed by atoms with Crippen LogP contribution in [0.25, 0.3) is 0 Å². The lowest BCUT2D eigenvalue weighted by Crippen LogP contribution is -2.42. The Labute approximate surface area is 76.3 Å². The van der Waals surface area contributed by atoms with Crippen molar-refractivity contribution in [2.45, 2.75) is 18.3 Å². The minimum atomic E-state index is -1.41. The van der Waals surface area contributed by atoms with Gasteiger partial charge < -0.3 is 24.9 Å². The standard InChI is InChI=1S/C8H14O5/c1-2-3-13-7(5-10)8(12)6(11)4-9/h2,5-9,11-12H,1,3-4H2/t6-,7+,8-/m1/s1. The number of hydrogen-bond donors (Lipinski definition) is 3. The van der Waals surface area contributed by atoms with Crippen LogP contribution in [0.4, 0.5) is 0 Å². The van der Waals surface area contributed by atoms with Crippen LogP contribution in [0, 0.1) is 0 Å². The van der Waals surface area contributed by atoms with Crippen LogP contribution in [0.3, 0.4) is 0 Å². The molecule has 0 aromatic heterocycles. The van der Waals surface area contributed by atoms with Gasteiger partial charge in [-0.1, -0.05) is 6.08 Å². The monoisotopic (exact) mass is 190 g/mol. The van der Waals surface area contributed by atoms with Crippen LogP contribution in [0.2, 0.25) is 0 Å². The van der Waals surface area contributed by atoms with Crippen molar-refractivity contribution in [2.24, 2.45) is 0 Å². The van der Waals surface area contributed by atoms with Crippen LogP contribution in [-0.4, -0.2) is 53.1 Å². The molecule has 0 aromatic carbocycles. The van der Waals surface area contributed by atoms with E-state index < -0.39 is 24.9 Å². The van der Waals surface area contributed by atoms with Gasteiger partial charge >= 0.3 is 0 Å². The third-order valence-corrected chi connectivity index (χ3v) is 1.46. The van der Waals surface area contributed by atoms with E-state index in [2.05, 4.69) is 6.58 Å². The van der Waals surface area contributed by atoms with E-state index in [4.69, 9.17) is 14.9 Å². The van der Waals surface area contributed by atoms with Crippen molar-refractivity contribution in [2.75, 3.05) is 13.2 Å². The molecule has 0 spiro atoms. The van der Waals surface area contributed by atoms with E-state index in [1.807, 2.05) is 0 Å². The molecule has 76 valence electrons. The SMILES string of the molecule is C=CCO[C@@H](C=O)[C@H](O)[C@H](O)CO. The molecule has 0 aromatic rings. The second-order valence-electron chi connectivity index (χ2n) is 2.46. The number of hydrogen-bond acceptors (Lipinski definition) is 5. The normalized spacial score (nSPS) is 17.5. The van der Waals surface area contributed by atoms with Crippen LogP contribution >= 0.6 is 0 Å². The number of aliphatic hydroxyl groups excluding tert-OH is 3. The predicted molar refractivity (Wildman–Crippen MR) is 45.1 cm³/mol. The summed E-state index contributed by atoms with van der Waals surface area (Å²) in [5.41, 5.74) is 0. The zero-order valence-corrected chi connectivity index (χ0v) is 7.17. The summed E-state index contributed by atoms with van der Waals surface area (Å²) in [5.74, 6) is 0. The first-order valence-electron chi connectivity index (χ1n) is 3.82. The number of aldehydes is 1. The molecule has 5 heteroatoms. The molecule has 5 nitrogen and oxygen atoms in total. The van der Waals surface area contributed by atoms with Gasteiger partial charge in [0.15, 0.2) is 6.29 Å². The average molecular weight is 190 g/mol. The summed E-state index contributed by atoms with van der Waals surface area (Å²) in [6.45, 7) is 2.83. The van der Waals surface area contributed by atoms with Crippen molar-refractivity contribution in [3.8, 4) is 0 Å². The molecule has 3 N–H and O–H groups in total. The first-order chi connectivity index (χ1) is 6.17. The lowest BCUT2D eigenvalue weighted by Gasteiger charge is -2.20. The van der Waals surface area contributed by atoms with Gasteiger partial charge in [0.25, 0.3) is 0 Å². The predicted octanol–water partition coefficient (Wildman–Crippen LogP) is -1.53. The Hall–Kier alpha value is -0.750. The molecular weight excluding hydrogens is 176 g/mol. The van der Waals surface area contributed by atoms with Crippen molar-refractivity contribution in [1.82, 2.24) is 0 Å². The first kappa shape index (κ1) is 12.2. The molecule has 0 rings (SSSR count). The van der Waals surface area contributed by atoms with Gasteiger partial charge in [-0.15, -0.1) is 6.58 Å². The van der Waals surface area contributed by atoms with E-state index in [0.29, 0.717) is 6.29 Å². The molecule has 0 fully saturated rings. The average Bonchev–Trinajstić information content (AvgIpc) is 2.17. The van der Waals surface area contributed by atoms with Gasteiger partial charge in [0.05, 0.1) is 13.2 Å². The zero-order chi connectivity index (χ0) is 10.3. The third-order valence-electron chi connectivity index (χ3n) is 1.46. The molecule has 3 atom stereocenters. The first-order valence-corrected chi connectivity index (χ1v) is 3.82. The van der Waals surface area contributed by atoms with E-state index >= 15 is 0 Å². The molecule has 0 heterocycles. The molecule has 0 amide bonds. The summed E-state index contributed by atoms with van der Waals surface area (Å²) in [4.78, 5) is 10.4. The van der Waals surface area contributed by atoms with Gasteiger partial charge in [-0.25, -0.2) is 0 Å². The van der Waals surface area contributed by atoms with E-state index in [0.717, 1.165) is 0 Å². The van der Waals surface area contributed by atoms with Gasteiger partial charge in [-0.05, 0) is 0 Å². The van der Waals surface area contributed by atoms with Crippen molar-refractivity contribution < 1.29 is 24.9 Å². The summed E-state index contributed by atoms with van der Waals surface area (Å²) in [5, 5.41) is 26.6. The molecular formula is C8H14O5. The van der Waals surface area contributed by atoms with Crippen LogP contribution in [0.15, 0.2) is 12.7 Å². The van der Waals surface area contributed by atoms with Crippen LogP contribution < -0.4 is 0 Å². The second kappa shape index (κ2) is 6.73. The van der Waals surface area contributed by atoms with E-state index in [9.17, 15) is 9.90 Å². The number of carbonyl (C=O) groups is 1. The molecule has 0 aliphatic rings. The minimum absolute atomic E-state index is 0.0958. The summed E-state index contributed by atoms with van der Waals surface area (Å²) < 4.78 is 4.82. The van der Waals surface area contributed by atoms with Gasteiger partial charge in [0, 0.05) is 0 Å². The van der Waals surface area contributed by atoms with Crippen LogP contribution in [0.1, 0.15) is 0 Å². The second-order valence-corrected chi connectivity index (χ2v) is 2.46. The third kappa shape index (κ3) is 4.14. The van der Waals surface area contributed by atoms with E-state index in [-0.39, 0.29) is 6.61 Å². The maximum atomic E-state index is 10.4. The minimum Gasteiger partial charge on any atom is -0.394 e. The largest absolute Gasteiger partial charge is 0.394 e. The highest BCUT2D eigenvalue weighted by Crippen LogP contribution is 2.02. The molecule has 0 unspecified atom stereocenters. The van der Waals surface area contributed by atoms with Crippen molar-refractivity contribution in [3.05, 3.63) is 12.7 Å². The quantitative estimate of drug-likeness (QED) is 0.335. The highest BCUT2D eigenvalue weighted by atomic mass is 16.5. The van der Waals surface area contributed by atoms with Gasteiger partial charge in [0.2, 0.25) is 0 Å². The highest BCUT2D eigenvalue weighted by Gasteiger charge is 2.25. The fourth-order valence-corrected chi connectivity index (χ4v) is 0.724. The molecule has 0 aliphatic heterocycles. The summed E-state index contributed by atoms with van der Waals surface area (Å²) in [6, 6.07) is 0. The Morgan fingerprint density at radius 3 is 2.46 bits per heavy atom. The van der Waals surface area contributed by atoms with Gasteiger partial charge in [-0.2, -0.15) is 0 Å². The van der Waals surface area contributed by atoms with Crippen molar-refractivity contribution in [3.63, 3.8) is 0 Å². The maximum Gasteiger partial charge on any atom is 0.151 e. The Morgan fingerprint density at radius 2 is 2.08 bits per heavy atom. The zero-order valence-electron chi connectivity index (χ0n) is 7.17. The van der Waals surface area contributed by atoms with Crippen LogP contribution in [0.5, 0.6) is 0 Å². The molecule has 13 heavy (non-hydrogen) atoms. The molecule has 0 aliphatic carbocycles. The molecule has 0 saturated heterocycles. The van der Waals surface area contributed by atoms with Crippen molar-refractivity contribution >= 4 is 6.29 Å². The summed E-state index contributed by atoms with van der Waals surface area (Å²) in [6.07, 6.45) is -2.15. The summed E-state index contributed by atoms with van der Waals surface area (Å²) >= 11 is 0. The number of carbonyl (C=O) groups excluding carboxylic acids is 1. The van der Waals surface area contributed by atoms with Gasteiger partial charge in [0.1, 0.15) is 18.3 Å². The van der Waals surface area contributed by atoms with Crippen LogP contribution in [-0.2, 0) is 9.53 Å². The van der Waals surface area contributed by atoms with E-state index in [1.165, 1.54) is 6.08 Å². The Morgan fingerprint density at radius 1 is 1.46 bits per heavy atom.